The smallest absolute Gasteiger partial charge is 0.278 e. The van der Waals surface area contributed by atoms with Gasteiger partial charge in [0.25, 0.3) is 15.7 Å². The van der Waals surface area contributed by atoms with E-state index >= 15 is 0 Å². The van der Waals surface area contributed by atoms with Crippen molar-refractivity contribution in [1.82, 2.24) is 14.8 Å². The number of anilines is 1. The van der Waals surface area contributed by atoms with Gasteiger partial charge in [0.2, 0.25) is 0 Å². The topological polar surface area (TPSA) is 120 Å². The summed E-state index contributed by atoms with van der Waals surface area (Å²) in [6.45, 7) is 3.91. The summed E-state index contributed by atoms with van der Waals surface area (Å²) in [5, 5.41) is 15.7. The van der Waals surface area contributed by atoms with Crippen LogP contribution in [0.2, 0.25) is 5.02 Å². The first-order chi connectivity index (χ1) is 12.2. The first-order valence-electron chi connectivity index (χ1n) is 7.49. The predicted molar refractivity (Wildman–Crippen MR) is 96.8 cm³/mol. The first-order valence-corrected chi connectivity index (χ1v) is 9.35. The Morgan fingerprint density at radius 3 is 2.65 bits per heavy atom. The van der Waals surface area contributed by atoms with E-state index in [1.165, 1.54) is 18.3 Å². The highest BCUT2D eigenvalue weighted by Gasteiger charge is 2.21. The van der Waals surface area contributed by atoms with Gasteiger partial charge in [0, 0.05) is 17.5 Å². The number of rotatable bonds is 5. The van der Waals surface area contributed by atoms with E-state index < -0.39 is 20.6 Å². The number of fused-ring (bicyclic) bond motifs is 1. The number of hydrogen-bond donors (Lipinski definition) is 1. The molecule has 0 saturated carbocycles. The molecule has 0 atom stereocenters. The van der Waals surface area contributed by atoms with E-state index in [9.17, 15) is 18.5 Å². The number of nitrogens with one attached hydrogen (secondary N) is 1. The molecule has 136 valence electrons. The van der Waals surface area contributed by atoms with Gasteiger partial charge in [-0.05, 0) is 32.0 Å². The van der Waals surface area contributed by atoms with Gasteiger partial charge in [-0.25, -0.2) is 18.1 Å². The Morgan fingerprint density at radius 1 is 1.27 bits per heavy atom. The van der Waals surface area contributed by atoms with Crippen LogP contribution in [-0.4, -0.2) is 28.1 Å². The molecular weight excluding hydrogens is 382 g/mol. The maximum Gasteiger partial charge on any atom is 0.289 e. The lowest BCUT2D eigenvalue weighted by molar-refractivity contribution is -0.384. The second-order valence-electron chi connectivity index (χ2n) is 5.80. The summed E-state index contributed by atoms with van der Waals surface area (Å²) in [6.07, 6.45) is 2.96. The van der Waals surface area contributed by atoms with Crippen molar-refractivity contribution in [3.05, 3.63) is 51.8 Å². The minimum Gasteiger partial charge on any atom is -0.278 e. The molecule has 2 aromatic heterocycles. The number of aromatic nitrogens is 3. The lowest BCUT2D eigenvalue weighted by Crippen LogP contribution is -2.13. The van der Waals surface area contributed by atoms with Gasteiger partial charge in [-0.15, -0.1) is 0 Å². The van der Waals surface area contributed by atoms with Gasteiger partial charge in [0.1, 0.15) is 5.02 Å². The molecule has 11 heteroatoms. The molecule has 9 nitrogen and oxygen atoms in total. The van der Waals surface area contributed by atoms with E-state index in [-0.39, 0.29) is 21.6 Å². The van der Waals surface area contributed by atoms with E-state index in [0.717, 1.165) is 6.07 Å². The molecule has 1 aromatic carbocycles. The van der Waals surface area contributed by atoms with E-state index in [2.05, 4.69) is 14.8 Å². The highest BCUT2D eigenvalue weighted by Crippen LogP contribution is 2.28. The zero-order valence-electron chi connectivity index (χ0n) is 13.7. The van der Waals surface area contributed by atoms with E-state index in [1.54, 1.807) is 16.9 Å². The molecule has 0 amide bonds. The molecule has 0 bridgehead atoms. The Balaban J connectivity index is 1.96. The molecule has 0 spiro atoms. The average Bonchev–Trinajstić information content (AvgIpc) is 2.97. The summed E-state index contributed by atoms with van der Waals surface area (Å²) in [7, 11) is -4.04. The van der Waals surface area contributed by atoms with Crippen molar-refractivity contribution in [2.24, 2.45) is 0 Å². The van der Waals surface area contributed by atoms with Gasteiger partial charge in [-0.1, -0.05) is 11.6 Å². The molecule has 3 rings (SSSR count). The standard InChI is InChI=1S/C15H14ClN5O4S/c1-9(2)20-15-10(7-18-20)5-11(8-17-15)19-26(24,25)12-3-4-13(16)14(6-12)21(22)23/h3-9,19H,1-2H3. The van der Waals surface area contributed by atoms with E-state index in [0.29, 0.717) is 11.0 Å². The van der Waals surface area contributed by atoms with E-state index in [1.807, 2.05) is 13.8 Å². The number of nitro groups is 1. The van der Waals surface area contributed by atoms with Gasteiger partial charge in [0.05, 0.1) is 27.9 Å². The highest BCUT2D eigenvalue weighted by atomic mass is 35.5. The van der Waals surface area contributed by atoms with Gasteiger partial charge in [-0.2, -0.15) is 5.10 Å². The van der Waals surface area contributed by atoms with E-state index in [4.69, 9.17) is 11.6 Å². The number of nitro benzene ring substituents is 1. The third-order valence-electron chi connectivity index (χ3n) is 3.60. The molecule has 0 radical (unpaired) electrons. The van der Waals surface area contributed by atoms with Crippen LogP contribution in [0.25, 0.3) is 11.0 Å². The molecule has 0 aliphatic carbocycles. The number of pyridine rings is 1. The predicted octanol–water partition coefficient (Wildman–Crippen LogP) is 3.37. The lowest BCUT2D eigenvalue weighted by atomic mass is 10.3. The van der Waals surface area contributed by atoms with Crippen LogP contribution in [0.1, 0.15) is 19.9 Å². The Kier molecular flexibility index (Phi) is 4.55. The van der Waals surface area contributed by atoms with Crippen molar-refractivity contribution in [2.45, 2.75) is 24.8 Å². The molecule has 3 aromatic rings. The highest BCUT2D eigenvalue weighted by molar-refractivity contribution is 7.92. The zero-order chi connectivity index (χ0) is 19.1. The Hall–Kier alpha value is -2.72. The largest absolute Gasteiger partial charge is 0.289 e. The van der Waals surface area contributed by atoms with Crippen LogP contribution in [0, 0.1) is 10.1 Å². The number of nitrogens with zero attached hydrogens (tertiary/aromatic N) is 4. The number of sulfonamides is 1. The average molecular weight is 396 g/mol. The fraction of sp³-hybridized carbons (Fsp3) is 0.200. The van der Waals surface area contributed by atoms with Gasteiger partial charge >= 0.3 is 0 Å². The quantitative estimate of drug-likeness (QED) is 0.522. The van der Waals surface area contributed by atoms with Gasteiger partial charge < -0.3 is 0 Å². The Labute approximate surface area is 153 Å². The Morgan fingerprint density at radius 2 is 2.00 bits per heavy atom. The summed E-state index contributed by atoms with van der Waals surface area (Å²) in [5.41, 5.74) is 0.366. The molecule has 0 saturated heterocycles. The fourth-order valence-electron chi connectivity index (χ4n) is 2.39. The second-order valence-corrected chi connectivity index (χ2v) is 7.89. The van der Waals surface area contributed by atoms with Gasteiger partial charge in [0.15, 0.2) is 5.65 Å². The molecule has 0 aliphatic rings. The SMILES string of the molecule is CC(C)n1ncc2cc(NS(=O)(=O)c3ccc(Cl)c([N+](=O)[O-])c3)cnc21. The first kappa shape index (κ1) is 18.1. The molecular formula is C15H14ClN5O4S. The van der Waals surface area contributed by atoms with Crippen molar-refractivity contribution in [1.29, 1.82) is 0 Å². The van der Waals surface area contributed by atoms with Crippen LogP contribution < -0.4 is 4.72 Å². The molecule has 0 aliphatic heterocycles. The van der Waals surface area contributed by atoms with Crippen LogP contribution >= 0.6 is 11.6 Å². The van der Waals surface area contributed by atoms with Gasteiger partial charge in [-0.3, -0.25) is 14.8 Å². The Bertz CT molecular complexity index is 1110. The third-order valence-corrected chi connectivity index (χ3v) is 5.30. The third kappa shape index (κ3) is 3.33. The van der Waals surface area contributed by atoms with Crippen molar-refractivity contribution in [2.75, 3.05) is 4.72 Å². The zero-order valence-corrected chi connectivity index (χ0v) is 15.3. The van der Waals surface area contributed by atoms with Crippen LogP contribution in [0.4, 0.5) is 11.4 Å². The summed E-state index contributed by atoms with van der Waals surface area (Å²) in [4.78, 5) is 14.2. The summed E-state index contributed by atoms with van der Waals surface area (Å²) < 4.78 is 29.1. The number of hydrogen-bond acceptors (Lipinski definition) is 6. The minimum atomic E-state index is -4.04. The van der Waals surface area contributed by atoms with Crippen LogP contribution in [-0.2, 0) is 10.0 Å². The summed E-state index contributed by atoms with van der Waals surface area (Å²) >= 11 is 5.72. The van der Waals surface area contributed by atoms with Crippen LogP contribution in [0.3, 0.4) is 0 Å². The molecule has 2 heterocycles. The molecule has 1 N–H and O–H groups in total. The van der Waals surface area contributed by atoms with Crippen molar-refractivity contribution in [3.8, 4) is 0 Å². The molecule has 26 heavy (non-hydrogen) atoms. The molecule has 0 fully saturated rings. The van der Waals surface area contributed by atoms with Crippen LogP contribution in [0.5, 0.6) is 0 Å². The molecule has 0 unspecified atom stereocenters. The van der Waals surface area contributed by atoms with Crippen molar-refractivity contribution >= 4 is 44.0 Å². The summed E-state index contributed by atoms with van der Waals surface area (Å²) in [5.74, 6) is 0. The second kappa shape index (κ2) is 6.54. The van der Waals surface area contributed by atoms with Crippen molar-refractivity contribution < 1.29 is 13.3 Å². The van der Waals surface area contributed by atoms with Crippen LogP contribution in [0.15, 0.2) is 41.6 Å². The van der Waals surface area contributed by atoms with Crippen molar-refractivity contribution in [3.63, 3.8) is 0 Å². The minimum absolute atomic E-state index is 0.108. The number of halogens is 1. The summed E-state index contributed by atoms with van der Waals surface area (Å²) in [6, 6.07) is 4.98. The maximum atomic E-state index is 12.5. The maximum absolute atomic E-state index is 12.5. The monoisotopic (exact) mass is 395 g/mol. The fourth-order valence-corrected chi connectivity index (χ4v) is 3.63. The normalized spacial score (nSPS) is 11.8. The lowest BCUT2D eigenvalue weighted by Gasteiger charge is -2.09. The number of benzene rings is 1.